The van der Waals surface area contributed by atoms with E-state index >= 15 is 0 Å². The summed E-state index contributed by atoms with van der Waals surface area (Å²) in [5, 5.41) is 2.86. The molecule has 0 fully saturated rings. The van der Waals surface area contributed by atoms with E-state index in [0.29, 0.717) is 5.56 Å². The van der Waals surface area contributed by atoms with Crippen LogP contribution in [0.4, 0.5) is 18.0 Å². The molecule has 1 heterocycles. The van der Waals surface area contributed by atoms with E-state index in [4.69, 9.17) is 0 Å². The molecule has 1 aromatic rings. The number of carbonyl (C=O) groups excluding carboxylic acids is 1. The first-order valence-electron chi connectivity index (χ1n) is 3.99. The molecule has 7 heteroatoms. The van der Waals surface area contributed by atoms with Gasteiger partial charge in [-0.15, -0.1) is 0 Å². The number of aromatic nitrogens is 1. The Morgan fingerprint density at radius 1 is 1.47 bits per heavy atom. The molecule has 0 saturated heterocycles. The Morgan fingerprint density at radius 3 is 2.73 bits per heavy atom. The van der Waals surface area contributed by atoms with Crippen molar-refractivity contribution in [2.75, 3.05) is 0 Å². The van der Waals surface area contributed by atoms with Crippen LogP contribution < -0.4 is 10.6 Å². The van der Waals surface area contributed by atoms with Crippen molar-refractivity contribution in [3.05, 3.63) is 30.1 Å². The number of halogens is 3. The lowest BCUT2D eigenvalue weighted by molar-refractivity contribution is -0.145. The fourth-order valence-corrected chi connectivity index (χ4v) is 0.858. The quantitative estimate of drug-likeness (QED) is 0.738. The maximum Gasteiger partial charge on any atom is 0.485 e. The molecule has 15 heavy (non-hydrogen) atoms. The molecule has 0 aromatic carbocycles. The topological polar surface area (TPSA) is 54.0 Å². The molecule has 0 radical (unpaired) electrons. The summed E-state index contributed by atoms with van der Waals surface area (Å²) in [6, 6.07) is 1.98. The zero-order valence-corrected chi connectivity index (χ0v) is 7.51. The SMILES string of the molecule is O=C(NCc1cccnc1)NC(F)(F)F. The number of urea groups is 1. The second kappa shape index (κ2) is 4.63. The van der Waals surface area contributed by atoms with E-state index < -0.39 is 12.3 Å². The third kappa shape index (κ3) is 4.84. The minimum atomic E-state index is -4.71. The first kappa shape index (κ1) is 11.3. The molecule has 1 aromatic heterocycles. The van der Waals surface area contributed by atoms with E-state index in [1.165, 1.54) is 12.4 Å². The van der Waals surface area contributed by atoms with Crippen LogP contribution in [0.25, 0.3) is 0 Å². The predicted octanol–water partition coefficient (Wildman–Crippen LogP) is 1.40. The van der Waals surface area contributed by atoms with Gasteiger partial charge in [0.2, 0.25) is 0 Å². The van der Waals surface area contributed by atoms with Crippen LogP contribution in [0.3, 0.4) is 0 Å². The third-order valence-electron chi connectivity index (χ3n) is 1.43. The molecule has 2 amide bonds. The van der Waals surface area contributed by atoms with Gasteiger partial charge in [0.25, 0.3) is 0 Å². The second-order valence-corrected chi connectivity index (χ2v) is 2.67. The van der Waals surface area contributed by atoms with Crippen LogP contribution in [0, 0.1) is 0 Å². The number of hydrogen-bond donors (Lipinski definition) is 2. The second-order valence-electron chi connectivity index (χ2n) is 2.67. The molecule has 0 spiro atoms. The van der Waals surface area contributed by atoms with Crippen molar-refractivity contribution in [2.45, 2.75) is 12.8 Å². The summed E-state index contributed by atoms with van der Waals surface area (Å²) in [6.45, 7) is -0.00421. The monoisotopic (exact) mass is 219 g/mol. The minimum absolute atomic E-state index is 0.00421. The molecule has 0 aliphatic heterocycles. The molecule has 4 nitrogen and oxygen atoms in total. The van der Waals surface area contributed by atoms with Gasteiger partial charge in [0, 0.05) is 18.9 Å². The van der Waals surface area contributed by atoms with Crippen LogP contribution in [0.2, 0.25) is 0 Å². The molecule has 1 rings (SSSR count). The Kier molecular flexibility index (Phi) is 3.48. The molecular weight excluding hydrogens is 211 g/mol. The highest BCUT2D eigenvalue weighted by Gasteiger charge is 2.29. The lowest BCUT2D eigenvalue weighted by Gasteiger charge is -2.09. The molecule has 82 valence electrons. The summed E-state index contributed by atoms with van der Waals surface area (Å²) >= 11 is 0. The van der Waals surface area contributed by atoms with Crippen molar-refractivity contribution in [3.63, 3.8) is 0 Å². The zero-order chi connectivity index (χ0) is 11.3. The normalized spacial score (nSPS) is 10.9. The molecule has 0 unspecified atom stereocenters. The summed E-state index contributed by atoms with van der Waals surface area (Å²) in [7, 11) is 0. The maximum absolute atomic E-state index is 11.6. The summed E-state index contributed by atoms with van der Waals surface area (Å²) < 4.78 is 34.9. The number of alkyl halides is 3. The van der Waals surface area contributed by atoms with Gasteiger partial charge >= 0.3 is 12.3 Å². The van der Waals surface area contributed by atoms with Crippen LogP contribution in [-0.4, -0.2) is 17.3 Å². The number of pyridine rings is 1. The van der Waals surface area contributed by atoms with Crippen LogP contribution >= 0.6 is 0 Å². The minimum Gasteiger partial charge on any atom is -0.334 e. The van der Waals surface area contributed by atoms with E-state index in [1.807, 2.05) is 5.32 Å². The third-order valence-corrected chi connectivity index (χ3v) is 1.43. The van der Waals surface area contributed by atoms with Crippen molar-refractivity contribution in [1.29, 1.82) is 0 Å². The Balaban J connectivity index is 2.35. The molecule has 0 saturated carbocycles. The number of rotatable bonds is 2. The van der Waals surface area contributed by atoms with Gasteiger partial charge in [-0.3, -0.25) is 4.98 Å². The fourth-order valence-electron chi connectivity index (χ4n) is 0.858. The summed E-state index contributed by atoms with van der Waals surface area (Å²) in [6.07, 6.45) is -1.73. The molecule has 0 bridgehead atoms. The lowest BCUT2D eigenvalue weighted by Crippen LogP contribution is -2.43. The number of carbonyl (C=O) groups is 1. The van der Waals surface area contributed by atoms with Crippen molar-refractivity contribution < 1.29 is 18.0 Å². The van der Waals surface area contributed by atoms with Gasteiger partial charge in [-0.1, -0.05) is 6.07 Å². The van der Waals surface area contributed by atoms with Crippen LogP contribution in [0.15, 0.2) is 24.5 Å². The van der Waals surface area contributed by atoms with E-state index in [1.54, 1.807) is 12.1 Å². The van der Waals surface area contributed by atoms with Gasteiger partial charge in [0.15, 0.2) is 0 Å². The van der Waals surface area contributed by atoms with Crippen molar-refractivity contribution in [3.8, 4) is 0 Å². The van der Waals surface area contributed by atoms with Crippen molar-refractivity contribution >= 4 is 6.03 Å². The number of hydrogen-bond acceptors (Lipinski definition) is 2. The van der Waals surface area contributed by atoms with Gasteiger partial charge in [-0.05, 0) is 11.6 Å². The van der Waals surface area contributed by atoms with Gasteiger partial charge in [-0.25, -0.2) is 10.1 Å². The average molecular weight is 219 g/mol. The highest BCUT2D eigenvalue weighted by atomic mass is 19.4. The lowest BCUT2D eigenvalue weighted by atomic mass is 10.3. The standard InChI is InChI=1S/C8H8F3N3O/c9-8(10,11)14-7(15)13-5-6-2-1-3-12-4-6/h1-4H,5H2,(H2,13,14,15). The van der Waals surface area contributed by atoms with Crippen molar-refractivity contribution in [2.24, 2.45) is 0 Å². The molecule has 0 aliphatic carbocycles. The van der Waals surface area contributed by atoms with Gasteiger partial charge < -0.3 is 5.32 Å². The van der Waals surface area contributed by atoms with Gasteiger partial charge in [0.1, 0.15) is 0 Å². The predicted molar refractivity (Wildman–Crippen MR) is 45.7 cm³/mol. The molecule has 0 atom stereocenters. The molecule has 2 N–H and O–H groups in total. The van der Waals surface area contributed by atoms with Crippen LogP contribution in [0.1, 0.15) is 5.56 Å². The number of nitrogens with one attached hydrogen (secondary N) is 2. The fraction of sp³-hybridized carbons (Fsp3) is 0.250. The Hall–Kier alpha value is -1.79. The summed E-state index contributed by atoms with van der Waals surface area (Å²) in [5.41, 5.74) is 0.620. The van der Waals surface area contributed by atoms with E-state index in [0.717, 1.165) is 5.32 Å². The summed E-state index contributed by atoms with van der Waals surface area (Å²) in [5.74, 6) is 0. The van der Waals surface area contributed by atoms with Gasteiger partial charge in [0.05, 0.1) is 0 Å². The van der Waals surface area contributed by atoms with Crippen LogP contribution in [-0.2, 0) is 6.54 Å². The van der Waals surface area contributed by atoms with E-state index in [9.17, 15) is 18.0 Å². The van der Waals surface area contributed by atoms with Crippen LogP contribution in [0.5, 0.6) is 0 Å². The molecular formula is C8H8F3N3O. The largest absolute Gasteiger partial charge is 0.485 e. The van der Waals surface area contributed by atoms with Crippen molar-refractivity contribution in [1.82, 2.24) is 15.6 Å². The Labute approximate surface area is 83.5 Å². The summed E-state index contributed by atoms with van der Waals surface area (Å²) in [4.78, 5) is 14.4. The highest BCUT2D eigenvalue weighted by molar-refractivity contribution is 5.74. The first-order valence-corrected chi connectivity index (χ1v) is 3.99. The van der Waals surface area contributed by atoms with E-state index in [2.05, 4.69) is 4.98 Å². The van der Waals surface area contributed by atoms with Gasteiger partial charge in [-0.2, -0.15) is 13.2 Å². The average Bonchev–Trinajstić information content (AvgIpc) is 2.14. The first-order chi connectivity index (χ1) is 6.97. The number of amides is 2. The zero-order valence-electron chi connectivity index (χ0n) is 7.51. The smallest absolute Gasteiger partial charge is 0.334 e. The Bertz CT molecular complexity index is 326. The Morgan fingerprint density at radius 2 is 2.20 bits per heavy atom. The molecule has 0 aliphatic rings. The maximum atomic E-state index is 11.6. The number of nitrogens with zero attached hydrogens (tertiary/aromatic N) is 1. The highest BCUT2D eigenvalue weighted by Crippen LogP contribution is 2.08. The van der Waals surface area contributed by atoms with E-state index in [-0.39, 0.29) is 6.54 Å².